The van der Waals surface area contributed by atoms with Gasteiger partial charge < -0.3 is 0 Å². The van der Waals surface area contributed by atoms with E-state index in [2.05, 4.69) is 9.44 Å². The quantitative estimate of drug-likeness (QED) is 0.739. The fourth-order valence-electron chi connectivity index (χ4n) is 2.12. The van der Waals surface area contributed by atoms with Crippen molar-refractivity contribution >= 4 is 20.0 Å². The standard InChI is InChI=1S/C16H20N2O4S2/c1-2-17-23(19,20)16-10-8-14(9-11-16)12-13-18-24(21,22)15-6-4-3-5-7-15/h3-11,17-18H,2,12-13H2,1H3. The number of rotatable bonds is 8. The zero-order valence-corrected chi connectivity index (χ0v) is 14.9. The van der Waals surface area contributed by atoms with Gasteiger partial charge in [-0.25, -0.2) is 26.3 Å². The van der Waals surface area contributed by atoms with Crippen molar-refractivity contribution in [2.24, 2.45) is 0 Å². The second kappa shape index (κ2) is 7.89. The van der Waals surface area contributed by atoms with Crippen molar-refractivity contribution in [3.05, 3.63) is 60.2 Å². The molecule has 0 aliphatic heterocycles. The number of nitrogens with one attached hydrogen (secondary N) is 2. The predicted octanol–water partition coefficient (Wildman–Crippen LogP) is 1.51. The zero-order valence-electron chi connectivity index (χ0n) is 13.3. The normalized spacial score (nSPS) is 12.2. The van der Waals surface area contributed by atoms with E-state index in [1.54, 1.807) is 37.3 Å². The molecule has 130 valence electrons. The first-order valence-corrected chi connectivity index (χ1v) is 10.4. The van der Waals surface area contributed by atoms with Gasteiger partial charge >= 0.3 is 0 Å². The average molecular weight is 368 g/mol. The third-order valence-electron chi connectivity index (χ3n) is 3.33. The van der Waals surface area contributed by atoms with Gasteiger partial charge in [0.15, 0.2) is 0 Å². The maximum absolute atomic E-state index is 12.1. The second-order valence-corrected chi connectivity index (χ2v) is 8.64. The molecule has 0 bridgehead atoms. The van der Waals surface area contributed by atoms with Crippen LogP contribution in [0.4, 0.5) is 0 Å². The molecule has 0 aromatic heterocycles. The summed E-state index contributed by atoms with van der Waals surface area (Å²) in [5, 5.41) is 0. The Kier molecular flexibility index (Phi) is 6.11. The fourth-order valence-corrected chi connectivity index (χ4v) is 4.22. The Morgan fingerprint density at radius 3 is 1.88 bits per heavy atom. The molecule has 0 unspecified atom stereocenters. The summed E-state index contributed by atoms with van der Waals surface area (Å²) in [6.07, 6.45) is 0.466. The summed E-state index contributed by atoms with van der Waals surface area (Å²) < 4.78 is 52.8. The van der Waals surface area contributed by atoms with E-state index < -0.39 is 20.0 Å². The van der Waals surface area contributed by atoms with Gasteiger partial charge in [0.25, 0.3) is 0 Å². The van der Waals surface area contributed by atoms with Crippen LogP contribution in [0.5, 0.6) is 0 Å². The molecule has 2 aromatic carbocycles. The van der Waals surface area contributed by atoms with Crippen LogP contribution < -0.4 is 9.44 Å². The number of hydrogen-bond acceptors (Lipinski definition) is 4. The molecule has 2 rings (SSSR count). The first-order chi connectivity index (χ1) is 11.3. The summed E-state index contributed by atoms with van der Waals surface area (Å²) in [6, 6.07) is 14.5. The van der Waals surface area contributed by atoms with Gasteiger partial charge in [-0.1, -0.05) is 37.3 Å². The van der Waals surface area contributed by atoms with Crippen LogP contribution in [0.25, 0.3) is 0 Å². The Balaban J connectivity index is 1.96. The predicted molar refractivity (Wildman–Crippen MR) is 92.6 cm³/mol. The Bertz CT molecular complexity index is 862. The molecule has 0 saturated heterocycles. The molecule has 0 atom stereocenters. The molecule has 0 heterocycles. The highest BCUT2D eigenvalue weighted by molar-refractivity contribution is 7.89. The number of hydrogen-bond donors (Lipinski definition) is 2. The van der Waals surface area contributed by atoms with Crippen LogP contribution >= 0.6 is 0 Å². The third kappa shape index (κ3) is 4.88. The van der Waals surface area contributed by atoms with E-state index in [4.69, 9.17) is 0 Å². The van der Waals surface area contributed by atoms with E-state index in [0.29, 0.717) is 13.0 Å². The minimum atomic E-state index is -3.53. The van der Waals surface area contributed by atoms with Crippen LogP contribution in [0.2, 0.25) is 0 Å². The average Bonchev–Trinajstić information content (AvgIpc) is 2.56. The van der Waals surface area contributed by atoms with Crippen LogP contribution in [-0.2, 0) is 26.5 Å². The van der Waals surface area contributed by atoms with E-state index in [9.17, 15) is 16.8 Å². The van der Waals surface area contributed by atoms with Crippen LogP contribution in [-0.4, -0.2) is 29.9 Å². The first-order valence-electron chi connectivity index (χ1n) is 7.48. The molecular weight excluding hydrogens is 348 g/mol. The van der Waals surface area contributed by atoms with Crippen molar-refractivity contribution in [3.8, 4) is 0 Å². The largest absolute Gasteiger partial charge is 0.240 e. The van der Waals surface area contributed by atoms with E-state index >= 15 is 0 Å². The van der Waals surface area contributed by atoms with Gasteiger partial charge in [-0.3, -0.25) is 0 Å². The Morgan fingerprint density at radius 1 is 0.750 bits per heavy atom. The van der Waals surface area contributed by atoms with Gasteiger partial charge in [-0.05, 0) is 36.2 Å². The number of benzene rings is 2. The lowest BCUT2D eigenvalue weighted by Gasteiger charge is -2.08. The summed E-state index contributed by atoms with van der Waals surface area (Å²) >= 11 is 0. The van der Waals surface area contributed by atoms with Crippen LogP contribution in [0, 0.1) is 0 Å². The SMILES string of the molecule is CCNS(=O)(=O)c1ccc(CCNS(=O)(=O)c2ccccc2)cc1. The van der Waals surface area contributed by atoms with Gasteiger partial charge in [-0.15, -0.1) is 0 Å². The summed E-state index contributed by atoms with van der Waals surface area (Å²) in [4.78, 5) is 0.412. The second-order valence-electron chi connectivity index (χ2n) is 5.11. The minimum Gasteiger partial charge on any atom is -0.211 e. The topological polar surface area (TPSA) is 92.3 Å². The van der Waals surface area contributed by atoms with Gasteiger partial charge in [0.2, 0.25) is 20.0 Å². The monoisotopic (exact) mass is 368 g/mol. The maximum Gasteiger partial charge on any atom is 0.240 e. The van der Waals surface area contributed by atoms with Gasteiger partial charge in [0.05, 0.1) is 9.79 Å². The van der Waals surface area contributed by atoms with E-state index in [-0.39, 0.29) is 16.3 Å². The third-order valence-corrected chi connectivity index (χ3v) is 6.37. The molecule has 2 N–H and O–H groups in total. The molecule has 0 aliphatic carbocycles. The van der Waals surface area contributed by atoms with E-state index in [1.807, 2.05) is 0 Å². The molecule has 6 nitrogen and oxygen atoms in total. The Labute approximate surface area is 143 Å². The molecule has 0 spiro atoms. The summed E-state index contributed by atoms with van der Waals surface area (Å²) in [5.74, 6) is 0. The van der Waals surface area contributed by atoms with Crippen LogP contribution in [0.15, 0.2) is 64.4 Å². The maximum atomic E-state index is 12.1. The number of sulfonamides is 2. The van der Waals surface area contributed by atoms with Crippen molar-refractivity contribution in [2.75, 3.05) is 13.1 Å². The summed E-state index contributed by atoms with van der Waals surface area (Å²) in [6.45, 7) is 2.27. The fraction of sp³-hybridized carbons (Fsp3) is 0.250. The molecule has 0 radical (unpaired) electrons. The highest BCUT2D eigenvalue weighted by Gasteiger charge is 2.13. The summed E-state index contributed by atoms with van der Waals surface area (Å²) in [5.41, 5.74) is 0.848. The minimum absolute atomic E-state index is 0.193. The smallest absolute Gasteiger partial charge is 0.211 e. The molecule has 8 heteroatoms. The van der Waals surface area contributed by atoms with E-state index in [1.165, 1.54) is 24.3 Å². The van der Waals surface area contributed by atoms with Gasteiger partial charge in [-0.2, -0.15) is 0 Å². The molecule has 2 aromatic rings. The molecule has 0 saturated carbocycles. The van der Waals surface area contributed by atoms with Crippen molar-refractivity contribution in [1.29, 1.82) is 0 Å². The Morgan fingerprint density at radius 2 is 1.29 bits per heavy atom. The first kappa shape index (κ1) is 18.6. The molecule has 0 fully saturated rings. The van der Waals surface area contributed by atoms with Crippen LogP contribution in [0.3, 0.4) is 0 Å². The lowest BCUT2D eigenvalue weighted by Crippen LogP contribution is -2.26. The lowest BCUT2D eigenvalue weighted by atomic mass is 10.2. The van der Waals surface area contributed by atoms with Crippen molar-refractivity contribution in [3.63, 3.8) is 0 Å². The van der Waals surface area contributed by atoms with E-state index in [0.717, 1.165) is 5.56 Å². The molecule has 24 heavy (non-hydrogen) atoms. The van der Waals surface area contributed by atoms with Crippen molar-refractivity contribution < 1.29 is 16.8 Å². The van der Waals surface area contributed by atoms with Gasteiger partial charge in [0, 0.05) is 13.1 Å². The van der Waals surface area contributed by atoms with Crippen molar-refractivity contribution in [1.82, 2.24) is 9.44 Å². The zero-order chi connectivity index (χ0) is 17.6. The van der Waals surface area contributed by atoms with Crippen molar-refractivity contribution in [2.45, 2.75) is 23.1 Å². The Hall–Kier alpha value is -1.74. The van der Waals surface area contributed by atoms with Gasteiger partial charge in [0.1, 0.15) is 0 Å². The lowest BCUT2D eigenvalue weighted by molar-refractivity contribution is 0.581. The highest BCUT2D eigenvalue weighted by atomic mass is 32.2. The molecule has 0 aliphatic rings. The van der Waals surface area contributed by atoms with Crippen LogP contribution in [0.1, 0.15) is 12.5 Å². The molecular formula is C16H20N2O4S2. The summed E-state index contributed by atoms with van der Waals surface area (Å²) in [7, 11) is -6.99. The highest BCUT2D eigenvalue weighted by Crippen LogP contribution is 2.11. The molecule has 0 amide bonds.